The van der Waals surface area contributed by atoms with Crippen molar-refractivity contribution in [3.05, 3.63) is 47.4 Å². The van der Waals surface area contributed by atoms with Gasteiger partial charge >= 0.3 is 0 Å². The van der Waals surface area contributed by atoms with Crippen LogP contribution in [0.1, 0.15) is 17.8 Å². The Bertz CT molecular complexity index is 690. The van der Waals surface area contributed by atoms with Crippen LogP contribution in [0.4, 0.5) is 20.3 Å². The molecule has 1 aromatic heterocycles. The minimum Gasteiger partial charge on any atom is -0.367 e. The molecule has 0 amide bonds. The average molecular weight is 304 g/mol. The smallest absolute Gasteiger partial charge is 0.149 e. The summed E-state index contributed by atoms with van der Waals surface area (Å²) >= 11 is 0. The topological polar surface area (TPSA) is 41.1 Å². The highest BCUT2D eigenvalue weighted by Gasteiger charge is 2.25. The van der Waals surface area contributed by atoms with E-state index in [1.54, 1.807) is 6.20 Å². The largest absolute Gasteiger partial charge is 0.367 e. The zero-order valence-electron chi connectivity index (χ0n) is 12.6. The van der Waals surface area contributed by atoms with Crippen LogP contribution in [-0.2, 0) is 0 Å². The second-order valence-electron chi connectivity index (χ2n) is 5.62. The Labute approximate surface area is 128 Å². The van der Waals surface area contributed by atoms with Crippen molar-refractivity contribution in [3.63, 3.8) is 0 Å². The third kappa shape index (κ3) is 3.00. The molecule has 2 heterocycles. The van der Waals surface area contributed by atoms with Crippen LogP contribution in [0.3, 0.4) is 0 Å². The molecule has 0 spiro atoms. The van der Waals surface area contributed by atoms with E-state index in [1.807, 2.05) is 18.7 Å². The lowest BCUT2D eigenvalue weighted by Crippen LogP contribution is -2.27. The maximum Gasteiger partial charge on any atom is 0.149 e. The Balaban J connectivity index is 1.71. The van der Waals surface area contributed by atoms with Crippen LogP contribution in [0.5, 0.6) is 0 Å². The SMILES string of the molecule is Cc1cnc(C)c(NC2CCN(c3ccc(F)cc3F)C2)n1. The third-order valence-electron chi connectivity index (χ3n) is 3.86. The summed E-state index contributed by atoms with van der Waals surface area (Å²) in [6.45, 7) is 5.17. The first-order chi connectivity index (χ1) is 10.5. The normalized spacial score (nSPS) is 17.8. The first kappa shape index (κ1) is 14.7. The summed E-state index contributed by atoms with van der Waals surface area (Å²) in [5.74, 6) is -0.306. The number of aryl methyl sites for hydroxylation is 2. The average Bonchev–Trinajstić information content (AvgIpc) is 2.91. The fourth-order valence-electron chi connectivity index (χ4n) is 2.70. The minimum absolute atomic E-state index is 0.166. The van der Waals surface area contributed by atoms with E-state index in [4.69, 9.17) is 0 Å². The fourth-order valence-corrected chi connectivity index (χ4v) is 2.70. The van der Waals surface area contributed by atoms with E-state index in [9.17, 15) is 8.78 Å². The van der Waals surface area contributed by atoms with E-state index in [-0.39, 0.29) is 6.04 Å². The van der Waals surface area contributed by atoms with Crippen molar-refractivity contribution in [3.8, 4) is 0 Å². The van der Waals surface area contributed by atoms with Crippen LogP contribution in [-0.4, -0.2) is 29.1 Å². The zero-order valence-corrected chi connectivity index (χ0v) is 12.6. The number of hydrogen-bond acceptors (Lipinski definition) is 4. The van der Waals surface area contributed by atoms with Crippen LogP contribution in [0.25, 0.3) is 0 Å². The first-order valence-electron chi connectivity index (χ1n) is 7.29. The molecule has 1 aliphatic heterocycles. The van der Waals surface area contributed by atoms with E-state index in [0.717, 1.165) is 36.2 Å². The number of nitrogens with zero attached hydrogens (tertiary/aromatic N) is 3. The molecule has 0 bridgehead atoms. The van der Waals surface area contributed by atoms with Gasteiger partial charge < -0.3 is 10.2 Å². The van der Waals surface area contributed by atoms with Gasteiger partial charge in [0.2, 0.25) is 0 Å². The monoisotopic (exact) mass is 304 g/mol. The summed E-state index contributed by atoms with van der Waals surface area (Å²) in [4.78, 5) is 10.7. The summed E-state index contributed by atoms with van der Waals surface area (Å²) in [5, 5.41) is 3.37. The predicted octanol–water partition coefficient (Wildman–Crippen LogP) is 3.06. The second kappa shape index (κ2) is 5.87. The summed E-state index contributed by atoms with van der Waals surface area (Å²) in [6, 6.07) is 3.87. The molecular formula is C16H18F2N4. The van der Waals surface area contributed by atoms with Crippen molar-refractivity contribution in [1.82, 2.24) is 9.97 Å². The second-order valence-corrected chi connectivity index (χ2v) is 5.62. The number of halogens is 2. The molecule has 0 saturated carbocycles. The molecule has 6 heteroatoms. The van der Waals surface area contributed by atoms with Gasteiger partial charge in [-0.1, -0.05) is 0 Å². The first-order valence-corrected chi connectivity index (χ1v) is 7.29. The Hall–Kier alpha value is -2.24. The van der Waals surface area contributed by atoms with Gasteiger partial charge in [0.25, 0.3) is 0 Å². The van der Waals surface area contributed by atoms with Crippen LogP contribution in [0.2, 0.25) is 0 Å². The highest BCUT2D eigenvalue weighted by atomic mass is 19.1. The summed E-state index contributed by atoms with van der Waals surface area (Å²) in [7, 11) is 0. The van der Waals surface area contributed by atoms with Crippen molar-refractivity contribution in [2.75, 3.05) is 23.3 Å². The molecule has 1 aromatic carbocycles. The summed E-state index contributed by atoms with van der Waals surface area (Å²) < 4.78 is 26.8. The van der Waals surface area contributed by atoms with Gasteiger partial charge in [0, 0.05) is 31.4 Å². The van der Waals surface area contributed by atoms with Crippen molar-refractivity contribution in [1.29, 1.82) is 0 Å². The van der Waals surface area contributed by atoms with Gasteiger partial charge in [-0.3, -0.25) is 4.98 Å². The van der Waals surface area contributed by atoms with E-state index >= 15 is 0 Å². The molecule has 116 valence electrons. The zero-order chi connectivity index (χ0) is 15.7. The molecule has 22 heavy (non-hydrogen) atoms. The Morgan fingerprint density at radius 1 is 1.27 bits per heavy atom. The van der Waals surface area contributed by atoms with Crippen molar-refractivity contribution in [2.24, 2.45) is 0 Å². The number of rotatable bonds is 3. The minimum atomic E-state index is -0.555. The number of aromatic nitrogens is 2. The maximum absolute atomic E-state index is 13.8. The molecule has 3 rings (SSSR count). The van der Waals surface area contributed by atoms with E-state index < -0.39 is 11.6 Å². The predicted molar refractivity (Wildman–Crippen MR) is 82.1 cm³/mol. The molecule has 1 atom stereocenters. The van der Waals surface area contributed by atoms with E-state index in [0.29, 0.717) is 12.2 Å². The van der Waals surface area contributed by atoms with Crippen molar-refractivity contribution < 1.29 is 8.78 Å². The third-order valence-corrected chi connectivity index (χ3v) is 3.86. The molecule has 4 nitrogen and oxygen atoms in total. The standard InChI is InChI=1S/C16H18F2N4/c1-10-8-19-11(2)16(20-10)21-13-5-6-22(9-13)15-4-3-12(17)7-14(15)18/h3-4,7-8,13H,5-6,9H2,1-2H3,(H,20,21). The summed E-state index contributed by atoms with van der Waals surface area (Å²) in [5.41, 5.74) is 2.14. The van der Waals surface area contributed by atoms with Crippen LogP contribution in [0, 0.1) is 25.5 Å². The van der Waals surface area contributed by atoms with Gasteiger partial charge in [-0.25, -0.2) is 13.8 Å². The lowest BCUT2D eigenvalue weighted by atomic mass is 10.2. The van der Waals surface area contributed by atoms with Gasteiger partial charge in [-0.15, -0.1) is 0 Å². The Morgan fingerprint density at radius 3 is 2.86 bits per heavy atom. The fraction of sp³-hybridized carbons (Fsp3) is 0.375. The van der Waals surface area contributed by atoms with Crippen LogP contribution < -0.4 is 10.2 Å². The molecule has 0 aliphatic carbocycles. The Kier molecular flexibility index (Phi) is 3.92. The highest BCUT2D eigenvalue weighted by Crippen LogP contribution is 2.25. The molecule has 1 saturated heterocycles. The van der Waals surface area contributed by atoms with Gasteiger partial charge in [0.05, 0.1) is 17.1 Å². The van der Waals surface area contributed by atoms with Crippen LogP contribution in [0.15, 0.2) is 24.4 Å². The molecule has 1 N–H and O–H groups in total. The molecule has 1 aliphatic rings. The van der Waals surface area contributed by atoms with Gasteiger partial charge in [-0.2, -0.15) is 0 Å². The molecule has 1 fully saturated rings. The van der Waals surface area contributed by atoms with Crippen molar-refractivity contribution >= 4 is 11.5 Å². The molecule has 2 aromatic rings. The quantitative estimate of drug-likeness (QED) is 0.946. The highest BCUT2D eigenvalue weighted by molar-refractivity contribution is 5.50. The molecule has 1 unspecified atom stereocenters. The lowest BCUT2D eigenvalue weighted by Gasteiger charge is -2.20. The number of anilines is 2. The van der Waals surface area contributed by atoms with Gasteiger partial charge in [0.1, 0.15) is 17.5 Å². The maximum atomic E-state index is 13.8. The van der Waals surface area contributed by atoms with E-state index in [2.05, 4.69) is 15.3 Å². The number of nitrogens with one attached hydrogen (secondary N) is 1. The van der Waals surface area contributed by atoms with E-state index in [1.165, 1.54) is 12.1 Å². The lowest BCUT2D eigenvalue weighted by molar-refractivity contribution is 0.581. The summed E-state index contributed by atoms with van der Waals surface area (Å²) in [6.07, 6.45) is 2.60. The van der Waals surface area contributed by atoms with Crippen LogP contribution >= 0.6 is 0 Å². The van der Waals surface area contributed by atoms with Gasteiger partial charge in [0.15, 0.2) is 0 Å². The molecule has 0 radical (unpaired) electrons. The number of hydrogen-bond donors (Lipinski definition) is 1. The van der Waals surface area contributed by atoms with Crippen molar-refractivity contribution in [2.45, 2.75) is 26.3 Å². The van der Waals surface area contributed by atoms with Gasteiger partial charge in [-0.05, 0) is 32.4 Å². The number of benzene rings is 1. The Morgan fingerprint density at radius 2 is 2.09 bits per heavy atom. The molecular weight excluding hydrogens is 286 g/mol.